The van der Waals surface area contributed by atoms with Gasteiger partial charge >= 0.3 is 0 Å². The molecule has 0 spiro atoms. The van der Waals surface area contributed by atoms with Crippen LogP contribution in [0.5, 0.6) is 0 Å². The Labute approximate surface area is 137 Å². The van der Waals surface area contributed by atoms with Crippen molar-refractivity contribution in [1.29, 1.82) is 0 Å². The molecule has 2 rings (SSSR count). The number of hydrogen-bond donors (Lipinski definition) is 0. The summed E-state index contributed by atoms with van der Waals surface area (Å²) >= 11 is 6.74. The number of amides is 1. The van der Waals surface area contributed by atoms with Crippen LogP contribution in [0.2, 0.25) is 0 Å². The number of allylic oxidation sites excluding steroid dienone is 3. The van der Waals surface area contributed by atoms with Gasteiger partial charge in [-0.3, -0.25) is 9.69 Å². The number of thioether (sulfide) groups is 1. The molecule has 2 saturated heterocycles. The third-order valence-electron chi connectivity index (χ3n) is 3.85. The number of unbranched alkanes of at least 4 members (excludes halogenated alkanes) is 1. The summed E-state index contributed by atoms with van der Waals surface area (Å²) in [5, 5.41) is 0. The molecule has 0 radical (unpaired) electrons. The summed E-state index contributed by atoms with van der Waals surface area (Å²) in [6.45, 7) is 8.46. The first-order valence-electron chi connectivity index (χ1n) is 7.50. The Morgan fingerprint density at radius 2 is 2.10 bits per heavy atom. The van der Waals surface area contributed by atoms with Crippen molar-refractivity contribution in [2.75, 3.05) is 20.1 Å². The molecule has 0 aromatic rings. The van der Waals surface area contributed by atoms with E-state index in [1.807, 2.05) is 6.08 Å². The summed E-state index contributed by atoms with van der Waals surface area (Å²) in [6.07, 6.45) is 7.15. The van der Waals surface area contributed by atoms with Gasteiger partial charge in [-0.25, -0.2) is 0 Å². The molecule has 116 valence electrons. The van der Waals surface area contributed by atoms with Crippen LogP contribution in [0.3, 0.4) is 0 Å². The quantitative estimate of drug-likeness (QED) is 0.580. The van der Waals surface area contributed by atoms with Crippen LogP contribution >= 0.6 is 24.0 Å². The molecule has 2 aliphatic rings. The highest BCUT2D eigenvalue weighted by molar-refractivity contribution is 8.26. The Hall–Kier alpha value is -0.810. The molecule has 0 aromatic carbocycles. The van der Waals surface area contributed by atoms with Crippen molar-refractivity contribution in [3.05, 3.63) is 22.8 Å². The lowest BCUT2D eigenvalue weighted by Gasteiger charge is -2.16. The third kappa shape index (κ3) is 3.89. The van der Waals surface area contributed by atoms with Crippen molar-refractivity contribution >= 4 is 34.2 Å². The highest BCUT2D eigenvalue weighted by atomic mass is 32.2. The topological polar surface area (TPSA) is 23.6 Å². The SMILES string of the molecule is CCCCN1C(=O)C(=CC=C2CC(C)(C)CN2C)SC1=S. The van der Waals surface area contributed by atoms with Crippen LogP contribution in [0.25, 0.3) is 0 Å². The molecule has 5 heteroatoms. The first-order valence-corrected chi connectivity index (χ1v) is 8.72. The van der Waals surface area contributed by atoms with Gasteiger partial charge < -0.3 is 4.90 Å². The van der Waals surface area contributed by atoms with Crippen LogP contribution < -0.4 is 0 Å². The second-order valence-corrected chi connectivity index (χ2v) is 8.24. The Balaban J connectivity index is 2.09. The lowest BCUT2D eigenvalue weighted by molar-refractivity contribution is -0.122. The minimum absolute atomic E-state index is 0.0650. The summed E-state index contributed by atoms with van der Waals surface area (Å²) in [5.41, 5.74) is 1.60. The molecule has 0 unspecified atom stereocenters. The van der Waals surface area contributed by atoms with Gasteiger partial charge in [-0.1, -0.05) is 51.2 Å². The van der Waals surface area contributed by atoms with Gasteiger partial charge in [0.1, 0.15) is 4.32 Å². The first-order chi connectivity index (χ1) is 9.84. The van der Waals surface area contributed by atoms with E-state index < -0.39 is 0 Å². The monoisotopic (exact) mass is 324 g/mol. The molecule has 0 aromatic heterocycles. The molecule has 2 heterocycles. The fraction of sp³-hybridized carbons (Fsp3) is 0.625. The van der Waals surface area contributed by atoms with Crippen LogP contribution in [-0.2, 0) is 4.79 Å². The normalized spacial score (nSPS) is 25.7. The second-order valence-electron chi connectivity index (χ2n) is 6.56. The Morgan fingerprint density at radius 3 is 2.67 bits per heavy atom. The van der Waals surface area contributed by atoms with E-state index in [1.165, 1.54) is 17.5 Å². The van der Waals surface area contributed by atoms with Crippen molar-refractivity contribution in [2.24, 2.45) is 5.41 Å². The van der Waals surface area contributed by atoms with Gasteiger partial charge in [0.15, 0.2) is 0 Å². The third-order valence-corrected chi connectivity index (χ3v) is 5.25. The van der Waals surface area contributed by atoms with Gasteiger partial charge in [0.25, 0.3) is 5.91 Å². The van der Waals surface area contributed by atoms with Gasteiger partial charge in [0.05, 0.1) is 4.91 Å². The van der Waals surface area contributed by atoms with Crippen molar-refractivity contribution in [2.45, 2.75) is 40.0 Å². The summed E-state index contributed by atoms with van der Waals surface area (Å²) < 4.78 is 0.693. The van der Waals surface area contributed by atoms with E-state index in [2.05, 4.69) is 38.8 Å². The molecule has 0 atom stereocenters. The molecule has 2 aliphatic heterocycles. The van der Waals surface area contributed by atoms with Gasteiger partial charge in [0, 0.05) is 25.8 Å². The summed E-state index contributed by atoms with van der Waals surface area (Å²) in [4.78, 5) is 17.1. The van der Waals surface area contributed by atoms with Gasteiger partial charge in [-0.05, 0) is 30.4 Å². The maximum Gasteiger partial charge on any atom is 0.266 e. The molecule has 2 fully saturated rings. The van der Waals surface area contributed by atoms with Crippen molar-refractivity contribution in [3.8, 4) is 0 Å². The Morgan fingerprint density at radius 1 is 1.38 bits per heavy atom. The molecule has 0 bridgehead atoms. The number of carbonyl (C=O) groups is 1. The molecule has 0 N–H and O–H groups in total. The van der Waals surface area contributed by atoms with E-state index >= 15 is 0 Å². The Bertz CT molecular complexity index is 508. The van der Waals surface area contributed by atoms with Crippen LogP contribution in [-0.4, -0.2) is 40.2 Å². The van der Waals surface area contributed by atoms with Crippen molar-refractivity contribution in [1.82, 2.24) is 9.80 Å². The average molecular weight is 325 g/mol. The minimum Gasteiger partial charge on any atom is -0.377 e. The zero-order valence-electron chi connectivity index (χ0n) is 13.3. The molecule has 1 amide bonds. The number of rotatable bonds is 4. The van der Waals surface area contributed by atoms with E-state index in [-0.39, 0.29) is 5.91 Å². The minimum atomic E-state index is 0.0650. The molecule has 3 nitrogen and oxygen atoms in total. The molecule has 0 saturated carbocycles. The zero-order valence-corrected chi connectivity index (χ0v) is 14.9. The van der Waals surface area contributed by atoms with E-state index in [0.717, 1.165) is 37.3 Å². The van der Waals surface area contributed by atoms with Gasteiger partial charge in [-0.15, -0.1) is 0 Å². The zero-order chi connectivity index (χ0) is 15.6. The molecular formula is C16H24N2OS2. The first kappa shape index (κ1) is 16.6. The highest BCUT2D eigenvalue weighted by Crippen LogP contribution is 2.36. The van der Waals surface area contributed by atoms with Gasteiger partial charge in [-0.2, -0.15) is 0 Å². The second kappa shape index (κ2) is 6.53. The molecule has 21 heavy (non-hydrogen) atoms. The summed E-state index contributed by atoms with van der Waals surface area (Å²) in [7, 11) is 2.11. The van der Waals surface area contributed by atoms with Crippen LogP contribution in [0.4, 0.5) is 0 Å². The van der Waals surface area contributed by atoms with E-state index in [1.54, 1.807) is 4.90 Å². The van der Waals surface area contributed by atoms with E-state index in [9.17, 15) is 4.79 Å². The number of nitrogens with zero attached hydrogens (tertiary/aromatic N) is 2. The van der Waals surface area contributed by atoms with Crippen molar-refractivity contribution < 1.29 is 4.79 Å². The maximum atomic E-state index is 12.3. The summed E-state index contributed by atoms with van der Waals surface area (Å²) in [5.74, 6) is 0.0650. The van der Waals surface area contributed by atoms with Crippen LogP contribution in [0.15, 0.2) is 22.8 Å². The fourth-order valence-electron chi connectivity index (χ4n) is 2.81. The molecular weight excluding hydrogens is 300 g/mol. The van der Waals surface area contributed by atoms with E-state index in [4.69, 9.17) is 12.2 Å². The number of hydrogen-bond acceptors (Lipinski definition) is 4. The fourth-order valence-corrected chi connectivity index (χ4v) is 4.06. The van der Waals surface area contributed by atoms with Crippen LogP contribution in [0, 0.1) is 5.41 Å². The lowest BCUT2D eigenvalue weighted by atomic mass is 9.92. The standard InChI is InChI=1S/C16H24N2OS2/c1-5-6-9-18-14(19)13(21-15(18)20)8-7-12-10-16(2,3)11-17(12)4/h7-8H,5-6,9-11H2,1-4H3. The highest BCUT2D eigenvalue weighted by Gasteiger charge is 2.32. The van der Waals surface area contributed by atoms with Gasteiger partial charge in [0.2, 0.25) is 0 Å². The summed E-state index contributed by atoms with van der Waals surface area (Å²) in [6, 6.07) is 0. The lowest BCUT2D eigenvalue weighted by Crippen LogP contribution is -2.28. The van der Waals surface area contributed by atoms with E-state index in [0.29, 0.717) is 9.74 Å². The predicted molar refractivity (Wildman–Crippen MR) is 94.0 cm³/mol. The smallest absolute Gasteiger partial charge is 0.266 e. The number of thiocarbonyl (C=S) groups is 1. The molecule has 0 aliphatic carbocycles. The number of likely N-dealkylation sites (tertiary alicyclic amines) is 1. The largest absolute Gasteiger partial charge is 0.377 e. The average Bonchev–Trinajstić information content (AvgIpc) is 2.81. The predicted octanol–water partition coefficient (Wildman–Crippen LogP) is 3.78. The van der Waals surface area contributed by atoms with Crippen LogP contribution in [0.1, 0.15) is 40.0 Å². The number of carbonyl (C=O) groups excluding carboxylic acids is 1. The maximum absolute atomic E-state index is 12.3. The van der Waals surface area contributed by atoms with Crippen molar-refractivity contribution in [3.63, 3.8) is 0 Å². The Kier molecular flexibility index (Phi) is 5.15.